The third kappa shape index (κ3) is 3.76. The third-order valence-electron chi connectivity index (χ3n) is 7.13. The van der Waals surface area contributed by atoms with Crippen LogP contribution in [-0.4, -0.2) is 40.6 Å². The number of pyridine rings is 2. The maximum absolute atomic E-state index is 12.4. The Kier molecular flexibility index (Phi) is 4.88. The Morgan fingerprint density at radius 1 is 1.05 bits per heavy atom. The number of carbonyl (C=O) groups is 1. The van der Waals surface area contributed by atoms with Crippen molar-refractivity contribution in [2.45, 2.75) is 26.2 Å². The minimum atomic E-state index is 0.0791. The van der Waals surface area contributed by atoms with Gasteiger partial charge in [-0.1, -0.05) is 12.5 Å². The highest BCUT2D eigenvalue weighted by atomic mass is 16.1. The van der Waals surface area contributed by atoms with Gasteiger partial charge in [0.05, 0.1) is 40.8 Å². The van der Waals surface area contributed by atoms with Crippen LogP contribution in [0.4, 0.5) is 5.69 Å². The number of aryl methyl sites for hydroxylation is 1. The first-order chi connectivity index (χ1) is 18.1. The average molecular weight is 489 g/mol. The summed E-state index contributed by atoms with van der Waals surface area (Å²) in [5.74, 6) is 0.202. The summed E-state index contributed by atoms with van der Waals surface area (Å²) in [6, 6.07) is 12.2. The number of imidazole rings is 1. The fraction of sp³-hybridized carbons (Fsp3) is 0.179. The third-order valence-corrected chi connectivity index (χ3v) is 7.13. The summed E-state index contributed by atoms with van der Waals surface area (Å²) in [5.41, 5.74) is 7.98. The fourth-order valence-corrected chi connectivity index (χ4v) is 4.90. The van der Waals surface area contributed by atoms with Crippen molar-refractivity contribution >= 4 is 33.5 Å². The van der Waals surface area contributed by atoms with E-state index in [2.05, 4.69) is 47.6 Å². The summed E-state index contributed by atoms with van der Waals surface area (Å²) in [6.07, 6.45) is 12.2. The largest absolute Gasteiger partial charge is 0.338 e. The van der Waals surface area contributed by atoms with E-state index in [1.807, 2.05) is 54.5 Å². The second kappa shape index (κ2) is 8.41. The Bertz CT molecular complexity index is 1790. The van der Waals surface area contributed by atoms with Crippen LogP contribution in [-0.2, 0) is 4.79 Å². The molecule has 0 spiro atoms. The maximum atomic E-state index is 12.4. The molecule has 5 aromatic heterocycles. The predicted molar refractivity (Wildman–Crippen MR) is 142 cm³/mol. The Morgan fingerprint density at radius 3 is 2.78 bits per heavy atom. The highest BCUT2D eigenvalue weighted by Gasteiger charge is 2.25. The quantitative estimate of drug-likeness (QED) is 0.300. The number of nitrogens with one attached hydrogen (secondary N) is 3. The van der Waals surface area contributed by atoms with E-state index in [-0.39, 0.29) is 11.8 Å². The van der Waals surface area contributed by atoms with Gasteiger partial charge in [-0.2, -0.15) is 5.10 Å². The molecule has 37 heavy (non-hydrogen) atoms. The molecule has 9 heteroatoms. The van der Waals surface area contributed by atoms with Crippen molar-refractivity contribution in [3.05, 3.63) is 73.2 Å². The van der Waals surface area contributed by atoms with Gasteiger partial charge in [-0.3, -0.25) is 14.9 Å². The molecule has 9 nitrogen and oxygen atoms in total. The topological polar surface area (TPSA) is 117 Å². The number of aromatic amines is 2. The van der Waals surface area contributed by atoms with Crippen molar-refractivity contribution in [2.75, 3.05) is 5.32 Å². The minimum Gasteiger partial charge on any atom is -0.338 e. The fourth-order valence-electron chi connectivity index (χ4n) is 4.90. The number of nitrogens with zero attached hydrogens (tertiary/aromatic N) is 5. The number of hydrogen-bond acceptors (Lipinski definition) is 5. The number of amides is 1. The summed E-state index contributed by atoms with van der Waals surface area (Å²) in [6.45, 7) is 1.97. The number of H-pyrrole nitrogens is 2. The van der Waals surface area contributed by atoms with Crippen molar-refractivity contribution in [2.24, 2.45) is 5.92 Å². The minimum absolute atomic E-state index is 0.0791. The van der Waals surface area contributed by atoms with Crippen molar-refractivity contribution in [3.63, 3.8) is 0 Å². The lowest BCUT2D eigenvalue weighted by Gasteiger charge is -2.24. The van der Waals surface area contributed by atoms with Crippen LogP contribution in [0.5, 0.6) is 0 Å². The van der Waals surface area contributed by atoms with Crippen LogP contribution in [0.25, 0.3) is 50.1 Å². The van der Waals surface area contributed by atoms with Crippen molar-refractivity contribution in [3.8, 4) is 28.2 Å². The molecule has 6 aromatic rings. The van der Waals surface area contributed by atoms with Gasteiger partial charge in [0.25, 0.3) is 0 Å². The van der Waals surface area contributed by atoms with E-state index in [0.29, 0.717) is 5.69 Å². The molecule has 0 radical (unpaired) electrons. The van der Waals surface area contributed by atoms with Gasteiger partial charge in [-0.15, -0.1) is 0 Å². The van der Waals surface area contributed by atoms with Crippen LogP contribution < -0.4 is 5.32 Å². The van der Waals surface area contributed by atoms with Gasteiger partial charge >= 0.3 is 0 Å². The summed E-state index contributed by atoms with van der Waals surface area (Å²) < 4.78 is 2.00. The summed E-state index contributed by atoms with van der Waals surface area (Å²) >= 11 is 0. The van der Waals surface area contributed by atoms with Gasteiger partial charge in [-0.25, -0.2) is 9.97 Å². The Hall–Kier alpha value is -4.79. The molecule has 182 valence electrons. The highest BCUT2D eigenvalue weighted by Crippen LogP contribution is 2.33. The van der Waals surface area contributed by atoms with E-state index in [9.17, 15) is 4.79 Å². The zero-order valence-electron chi connectivity index (χ0n) is 20.2. The smallest absolute Gasteiger partial charge is 0.227 e. The first-order valence-corrected chi connectivity index (χ1v) is 12.4. The molecule has 1 aliphatic carbocycles. The molecule has 1 saturated carbocycles. The van der Waals surface area contributed by atoms with Gasteiger partial charge < -0.3 is 14.9 Å². The molecule has 1 amide bonds. The van der Waals surface area contributed by atoms with Crippen molar-refractivity contribution in [1.29, 1.82) is 0 Å². The zero-order chi connectivity index (χ0) is 24.9. The lowest BCUT2D eigenvalue weighted by atomic mass is 9.85. The molecular weight excluding hydrogens is 464 g/mol. The molecule has 0 atom stereocenters. The van der Waals surface area contributed by atoms with Gasteiger partial charge in [0.15, 0.2) is 0 Å². The number of aromatic nitrogens is 7. The number of benzene rings is 1. The van der Waals surface area contributed by atoms with E-state index in [1.54, 1.807) is 12.4 Å². The predicted octanol–water partition coefficient (Wildman–Crippen LogP) is 5.40. The number of hydrogen-bond donors (Lipinski definition) is 3. The van der Waals surface area contributed by atoms with Crippen LogP contribution in [0.2, 0.25) is 0 Å². The second-order valence-electron chi connectivity index (χ2n) is 9.61. The van der Waals surface area contributed by atoms with E-state index < -0.39 is 0 Å². The molecule has 0 bridgehead atoms. The van der Waals surface area contributed by atoms with Crippen LogP contribution in [0.15, 0.2) is 67.5 Å². The molecule has 0 unspecified atom stereocenters. The molecular formula is C28H24N8O. The van der Waals surface area contributed by atoms with Gasteiger partial charge in [0.1, 0.15) is 11.3 Å². The Labute approximate surface area is 212 Å². The number of fused-ring (bicyclic) bond motifs is 2. The van der Waals surface area contributed by atoms with Gasteiger partial charge in [0, 0.05) is 40.8 Å². The summed E-state index contributed by atoms with van der Waals surface area (Å²) in [7, 11) is 0. The Balaban J connectivity index is 1.26. The molecule has 3 N–H and O–H groups in total. The van der Waals surface area contributed by atoms with Crippen molar-refractivity contribution in [1.82, 2.24) is 34.7 Å². The number of carbonyl (C=O) groups excluding carboxylic acids is 1. The van der Waals surface area contributed by atoms with Gasteiger partial charge in [0.2, 0.25) is 5.91 Å². The highest BCUT2D eigenvalue weighted by molar-refractivity contribution is 5.99. The second-order valence-corrected chi connectivity index (χ2v) is 9.61. The van der Waals surface area contributed by atoms with Crippen LogP contribution in [0, 0.1) is 12.8 Å². The van der Waals surface area contributed by atoms with E-state index in [4.69, 9.17) is 0 Å². The average Bonchev–Trinajstić information content (AvgIpc) is 3.60. The molecule has 5 heterocycles. The lowest BCUT2D eigenvalue weighted by molar-refractivity contribution is -0.122. The number of anilines is 1. The monoisotopic (exact) mass is 488 g/mol. The molecule has 7 rings (SSSR count). The lowest BCUT2D eigenvalue weighted by Crippen LogP contribution is -2.28. The standard InChI is InChI=1S/C28H24N8O/c1-16-14-36(15-31-16)25-7-8-30-27-22(25)11-24(33-27)26-21-10-18(5-6-23(21)34-35-26)19-9-20(13-29-12-19)32-28(37)17-3-2-4-17/h5-15,17H,2-4H2,1H3,(H,30,33)(H,32,37)(H,34,35). The Morgan fingerprint density at radius 2 is 1.97 bits per heavy atom. The first-order valence-electron chi connectivity index (χ1n) is 12.4. The van der Waals surface area contributed by atoms with Crippen molar-refractivity contribution < 1.29 is 4.79 Å². The first kappa shape index (κ1) is 21.5. The normalized spacial score (nSPS) is 13.8. The molecule has 0 saturated heterocycles. The zero-order valence-corrected chi connectivity index (χ0v) is 20.2. The van der Waals surface area contributed by atoms with E-state index in [0.717, 1.165) is 75.1 Å². The molecule has 1 fully saturated rings. The van der Waals surface area contributed by atoms with Crippen LogP contribution >= 0.6 is 0 Å². The van der Waals surface area contributed by atoms with E-state index in [1.165, 1.54) is 0 Å². The maximum Gasteiger partial charge on any atom is 0.227 e. The summed E-state index contributed by atoms with van der Waals surface area (Å²) in [5, 5.41) is 12.7. The van der Waals surface area contributed by atoms with Crippen LogP contribution in [0.1, 0.15) is 25.0 Å². The van der Waals surface area contributed by atoms with Gasteiger partial charge in [-0.05, 0) is 55.7 Å². The molecule has 0 aliphatic heterocycles. The SMILES string of the molecule is Cc1cn(-c2ccnc3[nH]c(-c4n[nH]c5ccc(-c6cncc(NC(=O)C7CCC7)c6)cc45)cc23)cn1. The molecule has 1 aromatic carbocycles. The van der Waals surface area contributed by atoms with E-state index >= 15 is 0 Å². The number of rotatable bonds is 5. The molecule has 1 aliphatic rings. The van der Waals surface area contributed by atoms with Crippen LogP contribution in [0.3, 0.4) is 0 Å². The summed E-state index contributed by atoms with van der Waals surface area (Å²) in [4.78, 5) is 29.1.